The van der Waals surface area contributed by atoms with Crippen molar-refractivity contribution < 1.29 is 35.5 Å². The first kappa shape index (κ1) is 26.4. The fraction of sp³-hybridized carbons (Fsp3) is 0.125. The average molecular weight is 537 g/mol. The number of H-pyrrole nitrogens is 1. The van der Waals surface area contributed by atoms with Gasteiger partial charge < -0.3 is 10.3 Å². The van der Waals surface area contributed by atoms with Gasteiger partial charge in [-0.15, -0.1) is 0 Å². The van der Waals surface area contributed by atoms with E-state index in [0.717, 1.165) is 6.07 Å². The van der Waals surface area contributed by atoms with Gasteiger partial charge in [0.25, 0.3) is 11.5 Å². The van der Waals surface area contributed by atoms with Gasteiger partial charge in [0.15, 0.2) is 5.69 Å². The number of alkyl halides is 6. The first-order valence-corrected chi connectivity index (χ1v) is 10.6. The third kappa shape index (κ3) is 5.68. The van der Waals surface area contributed by atoms with Crippen molar-refractivity contribution in [1.82, 2.24) is 25.5 Å². The zero-order valence-electron chi connectivity index (χ0n) is 18.8. The summed E-state index contributed by atoms with van der Waals surface area (Å²) in [6.45, 7) is -0.620. The minimum Gasteiger partial charge on any atom is -0.348 e. The summed E-state index contributed by atoms with van der Waals surface area (Å²) in [4.78, 5) is 29.0. The first-order chi connectivity index (χ1) is 17.8. The Morgan fingerprint density at radius 2 is 1.66 bits per heavy atom. The molecule has 0 spiro atoms. The van der Waals surface area contributed by atoms with E-state index in [2.05, 4.69) is 20.5 Å². The summed E-state index contributed by atoms with van der Waals surface area (Å²) >= 11 is 0. The molecule has 4 rings (SSSR count). The van der Waals surface area contributed by atoms with E-state index < -0.39 is 64.4 Å². The van der Waals surface area contributed by atoms with Crippen molar-refractivity contribution in [2.45, 2.75) is 18.9 Å². The van der Waals surface area contributed by atoms with Gasteiger partial charge in [-0.2, -0.15) is 36.5 Å². The molecule has 0 aliphatic rings. The standard InChI is InChI=1S/C24H14F7N5O2/c25-20-14(11-32-22(38)13-5-3-12(4-6-13)16-2-1-9-33-36-16)7-8-15(23(26,27)28)19(20)21-34-17(24(29,30)31)10-18(37)35-21/h1-10H,11H2,(H,32,38)(H,34,35,37). The number of carbonyl (C=O) groups excluding carboxylic acids is 1. The summed E-state index contributed by atoms with van der Waals surface area (Å²) in [6.07, 6.45) is -8.89. The highest BCUT2D eigenvalue weighted by Gasteiger charge is 2.38. The maximum Gasteiger partial charge on any atom is 0.433 e. The van der Waals surface area contributed by atoms with Gasteiger partial charge in [0, 0.05) is 35.5 Å². The van der Waals surface area contributed by atoms with Gasteiger partial charge >= 0.3 is 12.4 Å². The van der Waals surface area contributed by atoms with Crippen LogP contribution < -0.4 is 10.9 Å². The molecule has 0 aliphatic carbocycles. The molecule has 0 saturated heterocycles. The van der Waals surface area contributed by atoms with Gasteiger partial charge in [-0.05, 0) is 30.3 Å². The molecule has 0 atom stereocenters. The number of aromatic amines is 1. The summed E-state index contributed by atoms with van der Waals surface area (Å²) in [5, 5.41) is 10.0. The number of nitrogens with zero attached hydrogens (tertiary/aromatic N) is 3. The maximum absolute atomic E-state index is 15.3. The molecule has 2 heterocycles. The second-order valence-corrected chi connectivity index (χ2v) is 7.80. The molecular weight excluding hydrogens is 523 g/mol. The lowest BCUT2D eigenvalue weighted by Crippen LogP contribution is -2.24. The molecular formula is C24H14F7N5O2. The van der Waals surface area contributed by atoms with E-state index in [-0.39, 0.29) is 11.6 Å². The van der Waals surface area contributed by atoms with Crippen LogP contribution in [0.1, 0.15) is 27.2 Å². The summed E-state index contributed by atoms with van der Waals surface area (Å²) in [5.74, 6) is -3.58. The van der Waals surface area contributed by atoms with E-state index in [9.17, 15) is 35.9 Å². The Hall–Kier alpha value is -4.62. The molecule has 1 amide bonds. The maximum atomic E-state index is 15.3. The van der Waals surface area contributed by atoms with Crippen molar-refractivity contribution in [3.63, 3.8) is 0 Å². The van der Waals surface area contributed by atoms with Crippen LogP contribution in [-0.4, -0.2) is 26.1 Å². The smallest absolute Gasteiger partial charge is 0.348 e. The Morgan fingerprint density at radius 1 is 0.947 bits per heavy atom. The van der Waals surface area contributed by atoms with Crippen LogP contribution in [0.25, 0.3) is 22.6 Å². The van der Waals surface area contributed by atoms with Crippen LogP contribution in [0.3, 0.4) is 0 Å². The molecule has 38 heavy (non-hydrogen) atoms. The van der Waals surface area contributed by atoms with E-state index in [1.54, 1.807) is 29.2 Å². The Balaban J connectivity index is 1.64. The molecule has 2 aromatic carbocycles. The fourth-order valence-electron chi connectivity index (χ4n) is 3.47. The molecule has 0 unspecified atom stereocenters. The summed E-state index contributed by atoms with van der Waals surface area (Å²) in [6, 6.07) is 10.6. The molecule has 0 bridgehead atoms. The summed E-state index contributed by atoms with van der Waals surface area (Å²) < 4.78 is 95.3. The quantitative estimate of drug-likeness (QED) is 0.349. The minimum atomic E-state index is -5.20. The van der Waals surface area contributed by atoms with Crippen molar-refractivity contribution >= 4 is 5.91 Å². The molecule has 0 saturated carbocycles. The number of hydrogen-bond acceptors (Lipinski definition) is 5. The van der Waals surface area contributed by atoms with Crippen LogP contribution in [0.5, 0.6) is 0 Å². The zero-order chi connectivity index (χ0) is 27.7. The number of nitrogens with one attached hydrogen (secondary N) is 2. The highest BCUT2D eigenvalue weighted by atomic mass is 19.4. The predicted molar refractivity (Wildman–Crippen MR) is 119 cm³/mol. The third-order valence-corrected chi connectivity index (χ3v) is 5.25. The monoisotopic (exact) mass is 537 g/mol. The molecule has 4 aromatic rings. The number of amides is 1. The molecule has 0 radical (unpaired) electrons. The number of hydrogen-bond donors (Lipinski definition) is 2. The molecule has 196 valence electrons. The van der Waals surface area contributed by atoms with E-state index in [4.69, 9.17) is 0 Å². The fourth-order valence-corrected chi connectivity index (χ4v) is 3.47. The first-order valence-electron chi connectivity index (χ1n) is 10.6. The molecule has 14 heteroatoms. The van der Waals surface area contributed by atoms with Crippen LogP contribution in [0.15, 0.2) is 65.6 Å². The summed E-state index contributed by atoms with van der Waals surface area (Å²) in [7, 11) is 0. The number of rotatable bonds is 5. The van der Waals surface area contributed by atoms with Crippen molar-refractivity contribution in [1.29, 1.82) is 0 Å². The summed E-state index contributed by atoms with van der Waals surface area (Å²) in [5.41, 5.74) is -5.44. The SMILES string of the molecule is O=C(NCc1ccc(C(F)(F)F)c(-c2nc(C(F)(F)F)cc(=O)[nH]2)c1F)c1ccc(-c2cccnn2)cc1. The molecule has 2 aromatic heterocycles. The molecule has 7 nitrogen and oxygen atoms in total. The van der Waals surface area contributed by atoms with Crippen LogP contribution >= 0.6 is 0 Å². The Kier molecular flexibility index (Phi) is 6.98. The van der Waals surface area contributed by atoms with Gasteiger partial charge in [-0.3, -0.25) is 9.59 Å². The van der Waals surface area contributed by atoms with E-state index in [1.807, 2.05) is 0 Å². The van der Waals surface area contributed by atoms with Crippen LogP contribution in [0.2, 0.25) is 0 Å². The van der Waals surface area contributed by atoms with Gasteiger partial charge in [0.1, 0.15) is 11.6 Å². The van der Waals surface area contributed by atoms with Crippen molar-refractivity contribution in [3.8, 4) is 22.6 Å². The lowest BCUT2D eigenvalue weighted by atomic mass is 10.0. The Bertz CT molecular complexity index is 1530. The van der Waals surface area contributed by atoms with Crippen LogP contribution in [-0.2, 0) is 18.9 Å². The number of carbonyl (C=O) groups is 1. The molecule has 0 aliphatic heterocycles. The lowest BCUT2D eigenvalue weighted by Gasteiger charge is -2.17. The second kappa shape index (κ2) is 10.0. The van der Waals surface area contributed by atoms with Gasteiger partial charge in [0.05, 0.1) is 16.8 Å². The Labute approximate surface area is 208 Å². The van der Waals surface area contributed by atoms with Crippen LogP contribution in [0.4, 0.5) is 30.7 Å². The predicted octanol–water partition coefficient (Wildman–Crippen LogP) is 5.00. The topological polar surface area (TPSA) is 101 Å². The van der Waals surface area contributed by atoms with Gasteiger partial charge in [-0.25, -0.2) is 9.37 Å². The van der Waals surface area contributed by atoms with E-state index in [0.29, 0.717) is 17.3 Å². The van der Waals surface area contributed by atoms with Crippen LogP contribution in [0, 0.1) is 5.82 Å². The highest BCUT2D eigenvalue weighted by Crippen LogP contribution is 2.39. The average Bonchev–Trinajstić information content (AvgIpc) is 2.86. The lowest BCUT2D eigenvalue weighted by molar-refractivity contribution is -0.141. The van der Waals surface area contributed by atoms with Gasteiger partial charge in [-0.1, -0.05) is 18.2 Å². The number of benzene rings is 2. The number of aromatic nitrogens is 4. The van der Waals surface area contributed by atoms with Crippen molar-refractivity contribution in [2.75, 3.05) is 0 Å². The largest absolute Gasteiger partial charge is 0.433 e. The minimum absolute atomic E-state index is 0.0361. The van der Waals surface area contributed by atoms with E-state index >= 15 is 4.39 Å². The third-order valence-electron chi connectivity index (χ3n) is 5.25. The van der Waals surface area contributed by atoms with E-state index in [1.165, 1.54) is 18.3 Å². The highest BCUT2D eigenvalue weighted by molar-refractivity contribution is 5.94. The molecule has 0 fully saturated rings. The Morgan fingerprint density at radius 3 is 2.26 bits per heavy atom. The molecule has 2 N–H and O–H groups in total. The zero-order valence-corrected chi connectivity index (χ0v) is 18.8. The normalized spacial score (nSPS) is 11.9. The van der Waals surface area contributed by atoms with Gasteiger partial charge in [0.2, 0.25) is 0 Å². The van der Waals surface area contributed by atoms with Crippen molar-refractivity contribution in [2.24, 2.45) is 0 Å². The number of halogens is 7. The van der Waals surface area contributed by atoms with Crippen molar-refractivity contribution in [3.05, 3.63) is 99.3 Å². The second-order valence-electron chi connectivity index (χ2n) is 7.80.